The second-order valence-electron chi connectivity index (χ2n) is 7.21. The van der Waals surface area contributed by atoms with E-state index in [1.165, 1.54) is 5.56 Å². The molecule has 2 aromatic rings. The zero-order chi connectivity index (χ0) is 18.9. The SMILES string of the molecule is CN(Cc1ccnc(N(C)C)c1)CC1CCc2nc(C(F)(F)F)cn2C1. The van der Waals surface area contributed by atoms with Gasteiger partial charge in [0.1, 0.15) is 11.6 Å². The quantitative estimate of drug-likeness (QED) is 0.814. The third kappa shape index (κ3) is 4.35. The first-order valence-corrected chi connectivity index (χ1v) is 8.66. The highest BCUT2D eigenvalue weighted by atomic mass is 19.4. The molecule has 26 heavy (non-hydrogen) atoms. The number of hydrogen-bond donors (Lipinski definition) is 0. The van der Waals surface area contributed by atoms with Crippen LogP contribution in [0.15, 0.2) is 24.5 Å². The summed E-state index contributed by atoms with van der Waals surface area (Å²) in [4.78, 5) is 12.2. The Labute approximate surface area is 151 Å². The van der Waals surface area contributed by atoms with Crippen molar-refractivity contribution in [1.82, 2.24) is 19.4 Å². The molecule has 0 spiro atoms. The number of aromatic nitrogens is 3. The van der Waals surface area contributed by atoms with Gasteiger partial charge in [-0.05, 0) is 37.1 Å². The molecule has 142 valence electrons. The van der Waals surface area contributed by atoms with Crippen molar-refractivity contribution in [3.63, 3.8) is 0 Å². The molecule has 8 heteroatoms. The molecule has 1 atom stereocenters. The van der Waals surface area contributed by atoms with Gasteiger partial charge in [-0.1, -0.05) is 0 Å². The molecular weight excluding hydrogens is 343 g/mol. The summed E-state index contributed by atoms with van der Waals surface area (Å²) < 4.78 is 40.1. The zero-order valence-electron chi connectivity index (χ0n) is 15.3. The van der Waals surface area contributed by atoms with Crippen LogP contribution < -0.4 is 4.90 Å². The van der Waals surface area contributed by atoms with Crippen LogP contribution in [-0.2, 0) is 25.7 Å². The first-order chi connectivity index (χ1) is 12.2. The van der Waals surface area contributed by atoms with Crippen LogP contribution >= 0.6 is 0 Å². The molecule has 0 radical (unpaired) electrons. The van der Waals surface area contributed by atoms with Crippen LogP contribution in [0.1, 0.15) is 23.5 Å². The normalized spacial score (nSPS) is 17.4. The van der Waals surface area contributed by atoms with Crippen LogP contribution in [0.2, 0.25) is 0 Å². The first-order valence-electron chi connectivity index (χ1n) is 8.66. The number of alkyl halides is 3. The van der Waals surface area contributed by atoms with Crippen LogP contribution in [0.3, 0.4) is 0 Å². The molecule has 0 saturated carbocycles. The Morgan fingerprint density at radius 1 is 1.27 bits per heavy atom. The van der Waals surface area contributed by atoms with Crippen LogP contribution in [0.4, 0.5) is 19.0 Å². The van der Waals surface area contributed by atoms with Crippen molar-refractivity contribution in [1.29, 1.82) is 0 Å². The van der Waals surface area contributed by atoms with Gasteiger partial charge in [-0.25, -0.2) is 9.97 Å². The second-order valence-corrected chi connectivity index (χ2v) is 7.21. The van der Waals surface area contributed by atoms with E-state index >= 15 is 0 Å². The number of halogens is 3. The number of aryl methyl sites for hydroxylation is 1. The van der Waals surface area contributed by atoms with Crippen molar-refractivity contribution in [2.45, 2.75) is 32.1 Å². The Kier molecular flexibility index (Phi) is 5.22. The minimum absolute atomic E-state index is 0.318. The summed E-state index contributed by atoms with van der Waals surface area (Å²) in [6, 6.07) is 4.05. The van der Waals surface area contributed by atoms with Crippen molar-refractivity contribution in [2.75, 3.05) is 32.6 Å². The topological polar surface area (TPSA) is 37.2 Å². The maximum atomic E-state index is 12.8. The standard InChI is InChI=1S/C18H24F3N5/c1-24(2)17-8-13(6-7-22-17)9-25(3)10-14-4-5-16-23-15(18(19,20)21)12-26(16)11-14/h6-8,12,14H,4-5,9-11H2,1-3H3. The molecule has 0 fully saturated rings. The number of pyridine rings is 1. The monoisotopic (exact) mass is 367 g/mol. The fourth-order valence-corrected chi connectivity index (χ4v) is 3.42. The van der Waals surface area contributed by atoms with Crippen LogP contribution in [0.5, 0.6) is 0 Å². The summed E-state index contributed by atoms with van der Waals surface area (Å²) >= 11 is 0. The number of anilines is 1. The molecule has 1 unspecified atom stereocenters. The number of nitrogens with zero attached hydrogens (tertiary/aromatic N) is 5. The highest BCUT2D eigenvalue weighted by Gasteiger charge is 2.35. The van der Waals surface area contributed by atoms with Crippen LogP contribution in [0.25, 0.3) is 0 Å². The molecular formula is C18H24F3N5. The average Bonchev–Trinajstić information content (AvgIpc) is 2.98. The molecule has 3 rings (SSSR count). The van der Waals surface area contributed by atoms with E-state index in [0.717, 1.165) is 31.5 Å². The summed E-state index contributed by atoms with van der Waals surface area (Å²) in [5, 5.41) is 0. The predicted molar refractivity (Wildman–Crippen MR) is 93.9 cm³/mol. The van der Waals surface area contributed by atoms with Gasteiger partial charge < -0.3 is 14.4 Å². The first kappa shape index (κ1) is 18.7. The van der Waals surface area contributed by atoms with Gasteiger partial charge in [0.25, 0.3) is 0 Å². The molecule has 0 bridgehead atoms. The maximum absolute atomic E-state index is 12.8. The second kappa shape index (κ2) is 7.26. The van der Waals surface area contributed by atoms with Gasteiger partial charge in [-0.2, -0.15) is 13.2 Å². The number of rotatable bonds is 5. The van der Waals surface area contributed by atoms with E-state index < -0.39 is 11.9 Å². The lowest BCUT2D eigenvalue weighted by Crippen LogP contribution is -2.31. The van der Waals surface area contributed by atoms with Gasteiger partial charge in [-0.3, -0.25) is 0 Å². The van der Waals surface area contributed by atoms with Gasteiger partial charge in [0, 0.05) is 52.5 Å². The number of hydrogen-bond acceptors (Lipinski definition) is 4. The Hall–Kier alpha value is -2.09. The summed E-state index contributed by atoms with van der Waals surface area (Å²) in [5.74, 6) is 1.77. The lowest BCUT2D eigenvalue weighted by Gasteiger charge is -2.28. The minimum atomic E-state index is -4.37. The third-order valence-corrected chi connectivity index (χ3v) is 4.67. The summed E-state index contributed by atoms with van der Waals surface area (Å²) in [6.45, 7) is 2.20. The summed E-state index contributed by atoms with van der Waals surface area (Å²) in [5.41, 5.74) is 0.388. The fourth-order valence-electron chi connectivity index (χ4n) is 3.42. The zero-order valence-corrected chi connectivity index (χ0v) is 15.3. The van der Waals surface area contributed by atoms with Crippen molar-refractivity contribution in [3.05, 3.63) is 41.6 Å². The van der Waals surface area contributed by atoms with E-state index in [9.17, 15) is 13.2 Å². The van der Waals surface area contributed by atoms with Crippen molar-refractivity contribution in [2.24, 2.45) is 5.92 Å². The highest BCUT2D eigenvalue weighted by molar-refractivity contribution is 5.38. The van der Waals surface area contributed by atoms with Crippen LogP contribution in [0, 0.1) is 5.92 Å². The lowest BCUT2D eigenvalue weighted by molar-refractivity contribution is -0.141. The highest BCUT2D eigenvalue weighted by Crippen LogP contribution is 2.30. The van der Waals surface area contributed by atoms with E-state index in [1.54, 1.807) is 10.8 Å². The molecule has 0 N–H and O–H groups in total. The summed E-state index contributed by atoms with van der Waals surface area (Å²) in [6.07, 6.45) is 0.0257. The Bertz CT molecular complexity index is 754. The molecule has 0 aromatic carbocycles. The van der Waals surface area contributed by atoms with E-state index in [2.05, 4.69) is 20.9 Å². The molecule has 0 saturated heterocycles. The largest absolute Gasteiger partial charge is 0.434 e. The van der Waals surface area contributed by atoms with E-state index in [-0.39, 0.29) is 0 Å². The van der Waals surface area contributed by atoms with Crippen molar-refractivity contribution in [3.8, 4) is 0 Å². The molecule has 0 aliphatic carbocycles. The van der Waals surface area contributed by atoms with Crippen LogP contribution in [-0.4, -0.2) is 47.1 Å². The number of imidazole rings is 1. The smallest absolute Gasteiger partial charge is 0.363 e. The third-order valence-electron chi connectivity index (χ3n) is 4.67. The van der Waals surface area contributed by atoms with E-state index in [0.29, 0.717) is 24.7 Å². The molecule has 0 amide bonds. The van der Waals surface area contributed by atoms with Gasteiger partial charge in [-0.15, -0.1) is 0 Å². The fraction of sp³-hybridized carbons (Fsp3) is 0.556. The lowest BCUT2D eigenvalue weighted by atomic mass is 9.99. The molecule has 2 aromatic heterocycles. The number of fused-ring (bicyclic) bond motifs is 1. The van der Waals surface area contributed by atoms with Gasteiger partial charge >= 0.3 is 6.18 Å². The molecule has 1 aliphatic heterocycles. The maximum Gasteiger partial charge on any atom is 0.434 e. The van der Waals surface area contributed by atoms with Gasteiger partial charge in [0.2, 0.25) is 0 Å². The van der Waals surface area contributed by atoms with Gasteiger partial charge in [0.05, 0.1) is 0 Å². The van der Waals surface area contributed by atoms with Gasteiger partial charge in [0.15, 0.2) is 5.69 Å². The molecule has 1 aliphatic rings. The van der Waals surface area contributed by atoms with Crippen molar-refractivity contribution >= 4 is 5.82 Å². The molecule has 3 heterocycles. The Balaban J connectivity index is 1.60. The predicted octanol–water partition coefficient (Wildman–Crippen LogP) is 3.06. The molecule has 5 nitrogen and oxygen atoms in total. The Morgan fingerprint density at radius 2 is 2.04 bits per heavy atom. The van der Waals surface area contributed by atoms with E-state index in [4.69, 9.17) is 0 Å². The van der Waals surface area contributed by atoms with E-state index in [1.807, 2.05) is 32.1 Å². The summed E-state index contributed by atoms with van der Waals surface area (Å²) in [7, 11) is 5.95. The van der Waals surface area contributed by atoms with Crippen molar-refractivity contribution < 1.29 is 13.2 Å². The Morgan fingerprint density at radius 3 is 2.73 bits per heavy atom. The average molecular weight is 367 g/mol. The minimum Gasteiger partial charge on any atom is -0.363 e.